The first-order chi connectivity index (χ1) is 8.97. The van der Waals surface area contributed by atoms with Crippen molar-refractivity contribution in [3.8, 4) is 0 Å². The third kappa shape index (κ3) is 2.26. The van der Waals surface area contributed by atoms with E-state index in [9.17, 15) is 4.79 Å². The molecule has 0 saturated carbocycles. The first kappa shape index (κ1) is 13.7. The fourth-order valence-corrected chi connectivity index (χ4v) is 2.40. The SMILES string of the molecule is COC(=O)C(C(C)C)n1c(N)nc2c(Cl)cccc21. The minimum absolute atomic E-state index is 0.0196. The van der Waals surface area contributed by atoms with E-state index in [1.807, 2.05) is 19.9 Å². The average molecular weight is 282 g/mol. The lowest BCUT2D eigenvalue weighted by Gasteiger charge is -2.21. The molecule has 0 fully saturated rings. The lowest BCUT2D eigenvalue weighted by molar-refractivity contribution is -0.145. The lowest BCUT2D eigenvalue weighted by atomic mass is 10.0. The van der Waals surface area contributed by atoms with Crippen molar-refractivity contribution in [1.82, 2.24) is 9.55 Å². The van der Waals surface area contributed by atoms with Gasteiger partial charge in [-0.15, -0.1) is 0 Å². The third-order valence-electron chi connectivity index (χ3n) is 3.05. The summed E-state index contributed by atoms with van der Waals surface area (Å²) in [5, 5.41) is 0.510. The van der Waals surface area contributed by atoms with Crippen molar-refractivity contribution < 1.29 is 9.53 Å². The van der Waals surface area contributed by atoms with Crippen molar-refractivity contribution in [1.29, 1.82) is 0 Å². The van der Waals surface area contributed by atoms with Gasteiger partial charge in [0.1, 0.15) is 11.6 Å². The molecule has 0 aliphatic rings. The van der Waals surface area contributed by atoms with Crippen molar-refractivity contribution in [3.05, 3.63) is 23.2 Å². The molecule has 19 heavy (non-hydrogen) atoms. The van der Waals surface area contributed by atoms with E-state index in [2.05, 4.69) is 4.98 Å². The first-order valence-electron chi connectivity index (χ1n) is 5.97. The van der Waals surface area contributed by atoms with Crippen LogP contribution in [0.25, 0.3) is 11.0 Å². The maximum Gasteiger partial charge on any atom is 0.329 e. The Balaban J connectivity index is 2.69. The number of carbonyl (C=O) groups is 1. The summed E-state index contributed by atoms with van der Waals surface area (Å²) in [5.41, 5.74) is 7.26. The standard InChI is InChI=1S/C13H16ClN3O2/c1-7(2)11(12(18)19-3)17-9-6-4-5-8(14)10(9)16-13(17)15/h4-7,11H,1-3H3,(H2,15,16). The number of hydrogen-bond donors (Lipinski definition) is 1. The normalized spacial score (nSPS) is 12.9. The highest BCUT2D eigenvalue weighted by atomic mass is 35.5. The Kier molecular flexibility index (Phi) is 3.66. The second-order valence-electron chi connectivity index (χ2n) is 4.66. The Morgan fingerprint density at radius 2 is 2.16 bits per heavy atom. The number of methoxy groups -OCH3 is 1. The van der Waals surface area contributed by atoms with E-state index in [-0.39, 0.29) is 17.8 Å². The van der Waals surface area contributed by atoms with E-state index in [1.54, 1.807) is 16.7 Å². The molecule has 0 bridgehead atoms. The summed E-state index contributed by atoms with van der Waals surface area (Å²) in [6.45, 7) is 3.86. The maximum atomic E-state index is 12.0. The Bertz CT molecular complexity index is 622. The molecule has 1 aromatic heterocycles. The zero-order valence-electron chi connectivity index (χ0n) is 11.1. The molecular formula is C13H16ClN3O2. The number of aromatic nitrogens is 2. The van der Waals surface area contributed by atoms with Gasteiger partial charge >= 0.3 is 5.97 Å². The van der Waals surface area contributed by atoms with Crippen molar-refractivity contribution in [2.45, 2.75) is 19.9 Å². The molecule has 5 nitrogen and oxygen atoms in total. The molecule has 0 radical (unpaired) electrons. The highest BCUT2D eigenvalue weighted by Crippen LogP contribution is 2.31. The molecule has 0 spiro atoms. The monoisotopic (exact) mass is 281 g/mol. The van der Waals surface area contributed by atoms with Gasteiger partial charge in [0.25, 0.3) is 0 Å². The molecule has 0 aliphatic heterocycles. The lowest BCUT2D eigenvalue weighted by Crippen LogP contribution is -2.26. The van der Waals surface area contributed by atoms with E-state index in [4.69, 9.17) is 22.1 Å². The highest BCUT2D eigenvalue weighted by Gasteiger charge is 2.28. The number of nitrogen functional groups attached to an aromatic ring is 1. The van der Waals surface area contributed by atoms with Crippen LogP contribution in [0.5, 0.6) is 0 Å². The van der Waals surface area contributed by atoms with Crippen LogP contribution in [0.3, 0.4) is 0 Å². The van der Waals surface area contributed by atoms with Gasteiger partial charge in [-0.25, -0.2) is 9.78 Å². The number of nitrogens with two attached hydrogens (primary N) is 1. The Hall–Kier alpha value is -1.75. The molecule has 0 saturated heterocycles. The van der Waals surface area contributed by atoms with Crippen molar-refractivity contribution >= 4 is 34.6 Å². The van der Waals surface area contributed by atoms with Crippen LogP contribution in [0.2, 0.25) is 5.02 Å². The smallest absolute Gasteiger partial charge is 0.329 e. The molecule has 2 aromatic rings. The van der Waals surface area contributed by atoms with Crippen LogP contribution in [0.1, 0.15) is 19.9 Å². The molecule has 1 atom stereocenters. The molecule has 1 aromatic carbocycles. The van der Waals surface area contributed by atoms with Crippen LogP contribution in [0, 0.1) is 5.92 Å². The van der Waals surface area contributed by atoms with Crippen molar-refractivity contribution in [2.24, 2.45) is 5.92 Å². The first-order valence-corrected chi connectivity index (χ1v) is 6.35. The molecule has 0 aliphatic carbocycles. The quantitative estimate of drug-likeness (QED) is 0.878. The summed E-state index contributed by atoms with van der Waals surface area (Å²) in [6.07, 6.45) is 0. The number of para-hydroxylation sites is 1. The van der Waals surface area contributed by atoms with E-state index in [1.165, 1.54) is 7.11 Å². The largest absolute Gasteiger partial charge is 0.467 e. The summed E-state index contributed by atoms with van der Waals surface area (Å²) in [5.74, 6) is -0.0701. The van der Waals surface area contributed by atoms with Gasteiger partial charge in [0.2, 0.25) is 5.95 Å². The van der Waals surface area contributed by atoms with Gasteiger partial charge in [0.15, 0.2) is 0 Å². The number of benzene rings is 1. The van der Waals surface area contributed by atoms with Gasteiger partial charge in [-0.3, -0.25) is 4.57 Å². The molecule has 0 amide bonds. The summed E-state index contributed by atoms with van der Waals surface area (Å²) in [7, 11) is 1.36. The number of rotatable bonds is 3. The zero-order valence-corrected chi connectivity index (χ0v) is 11.8. The highest BCUT2D eigenvalue weighted by molar-refractivity contribution is 6.35. The fourth-order valence-electron chi connectivity index (χ4n) is 2.19. The summed E-state index contributed by atoms with van der Waals surface area (Å²) >= 11 is 6.09. The van der Waals surface area contributed by atoms with Gasteiger partial charge in [-0.2, -0.15) is 0 Å². The number of hydrogen-bond acceptors (Lipinski definition) is 4. The molecule has 2 rings (SSSR count). The number of carbonyl (C=O) groups excluding carboxylic acids is 1. The van der Waals surface area contributed by atoms with Crippen LogP contribution in [0.15, 0.2) is 18.2 Å². The van der Waals surface area contributed by atoms with E-state index < -0.39 is 6.04 Å². The maximum absolute atomic E-state index is 12.0. The fraction of sp³-hybridized carbons (Fsp3) is 0.385. The molecule has 6 heteroatoms. The topological polar surface area (TPSA) is 70.1 Å². The van der Waals surface area contributed by atoms with Crippen LogP contribution < -0.4 is 5.73 Å². The second kappa shape index (κ2) is 5.09. The Morgan fingerprint density at radius 3 is 2.74 bits per heavy atom. The number of anilines is 1. The van der Waals surface area contributed by atoms with Crippen molar-refractivity contribution in [3.63, 3.8) is 0 Å². The van der Waals surface area contributed by atoms with Gasteiger partial charge in [0.05, 0.1) is 17.6 Å². The van der Waals surface area contributed by atoms with Gasteiger partial charge < -0.3 is 10.5 Å². The Labute approximate surface area is 116 Å². The summed E-state index contributed by atoms with van der Waals surface area (Å²) in [6, 6.07) is 4.86. The third-order valence-corrected chi connectivity index (χ3v) is 3.36. The van der Waals surface area contributed by atoms with Gasteiger partial charge in [-0.05, 0) is 18.1 Å². The minimum Gasteiger partial charge on any atom is -0.467 e. The second-order valence-corrected chi connectivity index (χ2v) is 5.07. The summed E-state index contributed by atoms with van der Waals surface area (Å²) in [4.78, 5) is 16.2. The average Bonchev–Trinajstić information content (AvgIpc) is 2.68. The summed E-state index contributed by atoms with van der Waals surface area (Å²) < 4.78 is 6.53. The predicted molar refractivity (Wildman–Crippen MR) is 75.0 cm³/mol. The van der Waals surface area contributed by atoms with E-state index >= 15 is 0 Å². The van der Waals surface area contributed by atoms with Gasteiger partial charge in [0, 0.05) is 0 Å². The van der Waals surface area contributed by atoms with Crippen LogP contribution in [-0.4, -0.2) is 22.6 Å². The van der Waals surface area contributed by atoms with Crippen molar-refractivity contribution in [2.75, 3.05) is 12.8 Å². The minimum atomic E-state index is -0.520. The zero-order chi connectivity index (χ0) is 14.2. The number of fused-ring (bicyclic) bond motifs is 1. The predicted octanol–water partition coefficient (Wildman–Crippen LogP) is 2.64. The number of esters is 1. The number of ether oxygens (including phenoxy) is 1. The van der Waals surface area contributed by atoms with E-state index in [0.717, 1.165) is 5.52 Å². The number of imidazole rings is 1. The molecular weight excluding hydrogens is 266 g/mol. The van der Waals surface area contributed by atoms with Crippen LogP contribution in [-0.2, 0) is 9.53 Å². The molecule has 1 heterocycles. The number of nitrogens with zero attached hydrogens (tertiary/aromatic N) is 2. The van der Waals surface area contributed by atoms with Crippen LogP contribution >= 0.6 is 11.6 Å². The number of halogens is 1. The molecule has 1 unspecified atom stereocenters. The molecule has 2 N–H and O–H groups in total. The Morgan fingerprint density at radius 1 is 1.47 bits per heavy atom. The van der Waals surface area contributed by atoms with E-state index in [0.29, 0.717) is 10.5 Å². The van der Waals surface area contributed by atoms with Gasteiger partial charge in [-0.1, -0.05) is 31.5 Å². The molecule has 102 valence electrons. The van der Waals surface area contributed by atoms with Crippen LogP contribution in [0.4, 0.5) is 5.95 Å².